The molecule has 0 spiro atoms. The number of ketones is 2. The quantitative estimate of drug-likeness (QED) is 0.356. The first-order chi connectivity index (χ1) is 11.9. The van der Waals surface area contributed by atoms with Crippen LogP contribution in [0.1, 0.15) is 57.4 Å². The Bertz CT molecular complexity index is 625. The lowest BCUT2D eigenvalue weighted by Crippen LogP contribution is -2.14. The average Bonchev–Trinajstić information content (AvgIpc) is 2.61. The third kappa shape index (κ3) is 7.04. The molecule has 0 saturated carbocycles. The smallest absolute Gasteiger partial charge is 0.137 e. The molecule has 2 nitrogen and oxygen atoms in total. The molecule has 0 heterocycles. The highest BCUT2D eigenvalue weighted by Gasteiger charge is 2.20. The van der Waals surface area contributed by atoms with Crippen molar-refractivity contribution in [2.75, 3.05) is 0 Å². The van der Waals surface area contributed by atoms with Crippen molar-refractivity contribution < 1.29 is 9.59 Å². The van der Waals surface area contributed by atoms with E-state index in [1.165, 1.54) is 0 Å². The minimum Gasteiger partial charge on any atom is -0.300 e. The van der Waals surface area contributed by atoms with E-state index in [-0.39, 0.29) is 23.9 Å². The summed E-state index contributed by atoms with van der Waals surface area (Å²) in [5.41, 5.74) is 2.86. The largest absolute Gasteiger partial charge is 0.300 e. The maximum Gasteiger partial charge on any atom is 0.137 e. The van der Waals surface area contributed by atoms with Crippen molar-refractivity contribution in [3.05, 3.63) is 72.9 Å². The van der Waals surface area contributed by atoms with Gasteiger partial charge in [0.2, 0.25) is 0 Å². The first-order valence-corrected chi connectivity index (χ1v) is 8.91. The topological polar surface area (TPSA) is 34.1 Å². The molecular formula is C23H30O2. The van der Waals surface area contributed by atoms with Crippen LogP contribution < -0.4 is 0 Å². The van der Waals surface area contributed by atoms with Gasteiger partial charge in [0.15, 0.2) is 0 Å². The van der Waals surface area contributed by atoms with Gasteiger partial charge in [-0.05, 0) is 43.2 Å². The molecule has 1 aromatic rings. The second-order valence-corrected chi connectivity index (χ2v) is 6.71. The lowest BCUT2D eigenvalue weighted by Gasteiger charge is -2.17. The molecule has 2 atom stereocenters. The molecule has 2 heteroatoms. The summed E-state index contributed by atoms with van der Waals surface area (Å²) in [6, 6.07) is 9.51. The van der Waals surface area contributed by atoms with Gasteiger partial charge in [-0.2, -0.15) is 0 Å². The lowest BCUT2D eigenvalue weighted by atomic mass is 9.87. The Kier molecular flexibility index (Phi) is 8.83. The van der Waals surface area contributed by atoms with E-state index in [0.717, 1.165) is 29.6 Å². The number of hydrogen-bond donors (Lipinski definition) is 0. The molecule has 1 rings (SSSR count). The summed E-state index contributed by atoms with van der Waals surface area (Å²) in [7, 11) is 0. The molecule has 25 heavy (non-hydrogen) atoms. The highest BCUT2D eigenvalue weighted by Crippen LogP contribution is 2.26. The Hall–Kier alpha value is -2.22. The molecule has 0 aromatic heterocycles. The molecule has 0 N–H and O–H groups in total. The zero-order valence-electron chi connectivity index (χ0n) is 15.6. The van der Waals surface area contributed by atoms with Crippen molar-refractivity contribution in [2.24, 2.45) is 5.92 Å². The predicted octanol–water partition coefficient (Wildman–Crippen LogP) is 5.81. The SMILES string of the molecule is C=CCCC(C)C(=C)C(=C)CCC(=O)CC(C(C)=O)c1ccccc1. The number of allylic oxidation sites excluding steroid dienone is 3. The Balaban J connectivity index is 2.55. The third-order valence-electron chi connectivity index (χ3n) is 4.68. The van der Waals surface area contributed by atoms with E-state index in [0.29, 0.717) is 18.8 Å². The van der Waals surface area contributed by atoms with E-state index in [9.17, 15) is 9.59 Å². The molecule has 0 saturated heterocycles. The average molecular weight is 338 g/mol. The standard InChI is InChI=1S/C23H30O2/c1-6-7-11-17(2)19(4)18(3)14-15-22(25)16-23(20(5)24)21-12-9-8-10-13-21/h6,8-10,12-13,17,23H,1,3-4,7,11,14-16H2,2,5H3. The number of Topliss-reactive ketones (excluding diaryl/α,β-unsaturated/α-hetero) is 2. The zero-order chi connectivity index (χ0) is 18.8. The molecular weight excluding hydrogens is 308 g/mol. The van der Waals surface area contributed by atoms with Gasteiger partial charge in [-0.15, -0.1) is 6.58 Å². The molecule has 1 aromatic carbocycles. The normalized spacial score (nSPS) is 12.9. The van der Waals surface area contributed by atoms with Crippen LogP contribution in [0.15, 0.2) is 67.3 Å². The second-order valence-electron chi connectivity index (χ2n) is 6.71. The van der Waals surface area contributed by atoms with Crippen LogP contribution in [-0.4, -0.2) is 11.6 Å². The van der Waals surface area contributed by atoms with Crippen molar-refractivity contribution in [2.45, 2.75) is 51.9 Å². The second kappa shape index (κ2) is 10.6. The van der Waals surface area contributed by atoms with Gasteiger partial charge in [-0.25, -0.2) is 0 Å². The van der Waals surface area contributed by atoms with Crippen molar-refractivity contribution in [1.29, 1.82) is 0 Å². The molecule has 2 unspecified atom stereocenters. The van der Waals surface area contributed by atoms with E-state index in [2.05, 4.69) is 26.7 Å². The van der Waals surface area contributed by atoms with Gasteiger partial charge in [-0.3, -0.25) is 9.59 Å². The Labute approximate surface area is 152 Å². The van der Waals surface area contributed by atoms with Crippen LogP contribution in [0.3, 0.4) is 0 Å². The van der Waals surface area contributed by atoms with Crippen molar-refractivity contribution >= 4 is 11.6 Å². The fourth-order valence-electron chi connectivity index (χ4n) is 2.85. The number of hydrogen-bond acceptors (Lipinski definition) is 2. The number of benzene rings is 1. The first-order valence-electron chi connectivity index (χ1n) is 8.91. The molecule has 0 fully saturated rings. The summed E-state index contributed by atoms with van der Waals surface area (Å²) < 4.78 is 0. The Morgan fingerprint density at radius 3 is 2.32 bits per heavy atom. The summed E-state index contributed by atoms with van der Waals surface area (Å²) in [6.45, 7) is 15.6. The van der Waals surface area contributed by atoms with Crippen LogP contribution >= 0.6 is 0 Å². The molecule has 0 aliphatic rings. The van der Waals surface area contributed by atoms with Gasteiger partial charge in [0.25, 0.3) is 0 Å². The highest BCUT2D eigenvalue weighted by molar-refractivity contribution is 5.90. The maximum absolute atomic E-state index is 12.4. The van der Waals surface area contributed by atoms with Crippen LogP contribution in [0, 0.1) is 5.92 Å². The van der Waals surface area contributed by atoms with E-state index >= 15 is 0 Å². The summed E-state index contributed by atoms with van der Waals surface area (Å²) >= 11 is 0. The van der Waals surface area contributed by atoms with Crippen LogP contribution in [-0.2, 0) is 9.59 Å². The van der Waals surface area contributed by atoms with E-state index in [1.807, 2.05) is 36.4 Å². The molecule has 0 aliphatic heterocycles. The molecule has 0 aliphatic carbocycles. The fourth-order valence-corrected chi connectivity index (χ4v) is 2.85. The number of rotatable bonds is 12. The molecule has 0 amide bonds. The van der Waals surface area contributed by atoms with Crippen LogP contribution in [0.5, 0.6) is 0 Å². The van der Waals surface area contributed by atoms with E-state index in [4.69, 9.17) is 0 Å². The van der Waals surface area contributed by atoms with Gasteiger partial charge in [0.1, 0.15) is 11.6 Å². The number of carbonyl (C=O) groups is 2. The summed E-state index contributed by atoms with van der Waals surface area (Å²) in [4.78, 5) is 24.3. The molecule has 0 bridgehead atoms. The predicted molar refractivity (Wildman–Crippen MR) is 106 cm³/mol. The Morgan fingerprint density at radius 2 is 1.76 bits per heavy atom. The lowest BCUT2D eigenvalue weighted by molar-refractivity contribution is -0.124. The summed E-state index contributed by atoms with van der Waals surface area (Å²) in [6.07, 6.45) is 5.12. The van der Waals surface area contributed by atoms with Crippen LogP contribution in [0.2, 0.25) is 0 Å². The van der Waals surface area contributed by atoms with Gasteiger partial charge >= 0.3 is 0 Å². The van der Waals surface area contributed by atoms with Crippen molar-refractivity contribution in [1.82, 2.24) is 0 Å². The van der Waals surface area contributed by atoms with E-state index < -0.39 is 0 Å². The monoisotopic (exact) mass is 338 g/mol. The zero-order valence-corrected chi connectivity index (χ0v) is 15.6. The Morgan fingerprint density at radius 1 is 1.12 bits per heavy atom. The maximum atomic E-state index is 12.4. The summed E-state index contributed by atoms with van der Waals surface area (Å²) in [5.74, 6) is 0.115. The fraction of sp³-hybridized carbons (Fsp3) is 0.391. The molecule has 0 radical (unpaired) electrons. The minimum atomic E-state index is -0.350. The van der Waals surface area contributed by atoms with Gasteiger partial charge in [0, 0.05) is 18.8 Å². The number of carbonyl (C=O) groups excluding carboxylic acids is 2. The minimum absolute atomic E-state index is 0.0285. The summed E-state index contributed by atoms with van der Waals surface area (Å²) in [5, 5.41) is 0. The third-order valence-corrected chi connectivity index (χ3v) is 4.68. The first kappa shape index (κ1) is 20.8. The van der Waals surface area contributed by atoms with Crippen LogP contribution in [0.25, 0.3) is 0 Å². The van der Waals surface area contributed by atoms with E-state index in [1.54, 1.807) is 6.92 Å². The van der Waals surface area contributed by atoms with Crippen LogP contribution in [0.4, 0.5) is 0 Å². The highest BCUT2D eigenvalue weighted by atomic mass is 16.1. The van der Waals surface area contributed by atoms with Crippen molar-refractivity contribution in [3.8, 4) is 0 Å². The van der Waals surface area contributed by atoms with Gasteiger partial charge < -0.3 is 0 Å². The van der Waals surface area contributed by atoms with Gasteiger partial charge in [0.05, 0.1) is 0 Å². The van der Waals surface area contributed by atoms with Gasteiger partial charge in [-0.1, -0.05) is 62.1 Å². The van der Waals surface area contributed by atoms with Crippen molar-refractivity contribution in [3.63, 3.8) is 0 Å². The molecule has 134 valence electrons.